The van der Waals surface area contributed by atoms with Crippen LogP contribution in [0.25, 0.3) is 105 Å². The summed E-state index contributed by atoms with van der Waals surface area (Å²) in [4.78, 5) is 28.2. The summed E-state index contributed by atoms with van der Waals surface area (Å²) in [5.74, 6) is 1.84. The van der Waals surface area contributed by atoms with Crippen LogP contribution in [0.4, 0.5) is 5.69 Å². The lowest BCUT2D eigenvalue weighted by atomic mass is 9.89. The van der Waals surface area contributed by atoms with Gasteiger partial charge in [0.05, 0.1) is 12.1 Å². The molecule has 56 heavy (non-hydrogen) atoms. The molecule has 0 amide bonds. The largest absolute Gasteiger partial charge is 0.263 e. The summed E-state index contributed by atoms with van der Waals surface area (Å²) in [5.41, 5.74) is 10.3. The van der Waals surface area contributed by atoms with E-state index in [0.717, 1.165) is 82.5 Å². The van der Waals surface area contributed by atoms with Crippen molar-refractivity contribution >= 4 is 38.1 Å². The van der Waals surface area contributed by atoms with Crippen LogP contribution < -0.4 is 0 Å². The maximum atomic E-state index is 7.61. The topological polar surface area (TPSA) is 68.8 Å². The van der Waals surface area contributed by atoms with Gasteiger partial charge in [0.1, 0.15) is 0 Å². The van der Waals surface area contributed by atoms with Crippen molar-refractivity contribution in [1.29, 1.82) is 0 Å². The smallest absolute Gasteiger partial charge is 0.187 e. The number of hydrogen-bond acceptors (Lipinski definition) is 5. The molecular weight excluding hydrogens is 685 g/mol. The lowest BCUT2D eigenvalue weighted by Gasteiger charge is -2.16. The molecule has 0 aliphatic rings. The summed E-state index contributed by atoms with van der Waals surface area (Å²) in [7, 11) is 0. The van der Waals surface area contributed by atoms with Gasteiger partial charge in [-0.1, -0.05) is 127 Å². The van der Waals surface area contributed by atoms with E-state index in [-0.39, 0.29) is 0 Å². The molecule has 3 aromatic heterocycles. The van der Waals surface area contributed by atoms with E-state index < -0.39 is 0 Å². The molecule has 0 aliphatic carbocycles. The van der Waals surface area contributed by atoms with Gasteiger partial charge in [-0.05, 0) is 74.6 Å². The van der Waals surface area contributed by atoms with E-state index in [1.807, 2.05) is 116 Å². The van der Waals surface area contributed by atoms with E-state index in [9.17, 15) is 0 Å². The van der Waals surface area contributed by atoms with Crippen LogP contribution >= 0.6 is 0 Å². The predicted octanol–water partition coefficient (Wildman–Crippen LogP) is 12.7. The van der Waals surface area contributed by atoms with Gasteiger partial charge in [0, 0.05) is 57.4 Å². The molecule has 6 nitrogen and oxygen atoms in total. The van der Waals surface area contributed by atoms with Gasteiger partial charge >= 0.3 is 0 Å². The van der Waals surface area contributed by atoms with Crippen molar-refractivity contribution in [3.8, 4) is 67.5 Å². The van der Waals surface area contributed by atoms with Gasteiger partial charge in [-0.25, -0.2) is 19.8 Å². The average Bonchev–Trinajstić information content (AvgIpc) is 3.29. The number of rotatable bonds is 6. The second kappa shape index (κ2) is 13.8. The molecule has 0 bridgehead atoms. The fourth-order valence-corrected chi connectivity index (χ4v) is 7.55. The minimum Gasteiger partial charge on any atom is -0.263 e. The maximum absolute atomic E-state index is 7.61. The molecule has 260 valence electrons. The molecule has 0 saturated heterocycles. The highest BCUT2D eigenvalue weighted by Crippen LogP contribution is 2.42. The summed E-state index contributed by atoms with van der Waals surface area (Å²) in [6.07, 6.45) is 5.66. The number of benzene rings is 7. The van der Waals surface area contributed by atoms with E-state index in [1.54, 1.807) is 0 Å². The van der Waals surface area contributed by atoms with Crippen molar-refractivity contribution in [2.45, 2.75) is 0 Å². The van der Waals surface area contributed by atoms with Crippen LogP contribution in [0.3, 0.4) is 0 Å². The Morgan fingerprint density at radius 3 is 1.68 bits per heavy atom. The molecular formula is C50H30N6. The standard InChI is InChI=1S/C50H30N6/c1-51-39-20-11-18-35(27-39)43-28-46-42-23-12-24-53-47(42)44(29-45(46)41-22-9-8-21-40(41)43)38-26-37(30-52-31-38)34-17-10-19-36(25-34)50-55-48(32-13-4-2-5-14-32)54-49(56-50)33-15-6-3-7-16-33/h2-31H. The highest BCUT2D eigenvalue weighted by atomic mass is 15.0. The molecule has 7 aromatic carbocycles. The van der Waals surface area contributed by atoms with Crippen molar-refractivity contribution in [3.63, 3.8) is 0 Å². The monoisotopic (exact) mass is 714 g/mol. The Kier molecular flexibility index (Phi) is 8.09. The Bertz CT molecular complexity index is 3090. The number of aromatic nitrogens is 5. The van der Waals surface area contributed by atoms with E-state index in [2.05, 4.69) is 71.6 Å². The third-order valence-electron chi connectivity index (χ3n) is 10.2. The van der Waals surface area contributed by atoms with Crippen LogP contribution in [-0.4, -0.2) is 24.9 Å². The lowest BCUT2D eigenvalue weighted by Crippen LogP contribution is -2.00. The average molecular weight is 715 g/mol. The van der Waals surface area contributed by atoms with Crippen molar-refractivity contribution in [3.05, 3.63) is 194 Å². The van der Waals surface area contributed by atoms with Gasteiger partial charge in [0.15, 0.2) is 23.2 Å². The van der Waals surface area contributed by atoms with Gasteiger partial charge in [0.25, 0.3) is 0 Å². The van der Waals surface area contributed by atoms with Crippen LogP contribution in [0.2, 0.25) is 0 Å². The molecule has 10 aromatic rings. The Hall–Kier alpha value is -7.88. The zero-order valence-electron chi connectivity index (χ0n) is 30.0. The first-order valence-corrected chi connectivity index (χ1v) is 18.3. The molecule has 0 saturated carbocycles. The minimum atomic E-state index is 0.598. The van der Waals surface area contributed by atoms with E-state index in [4.69, 9.17) is 31.5 Å². The van der Waals surface area contributed by atoms with E-state index in [0.29, 0.717) is 23.2 Å². The zero-order chi connectivity index (χ0) is 37.4. The molecule has 0 fully saturated rings. The van der Waals surface area contributed by atoms with E-state index >= 15 is 0 Å². The zero-order valence-corrected chi connectivity index (χ0v) is 30.0. The summed E-state index contributed by atoms with van der Waals surface area (Å²) in [6.45, 7) is 7.61. The van der Waals surface area contributed by atoms with Crippen LogP contribution in [0.15, 0.2) is 182 Å². The number of fused-ring (bicyclic) bond motifs is 5. The normalized spacial score (nSPS) is 11.2. The highest BCUT2D eigenvalue weighted by molar-refractivity contribution is 6.23. The molecule has 0 spiro atoms. The van der Waals surface area contributed by atoms with Crippen molar-refractivity contribution in [1.82, 2.24) is 24.9 Å². The van der Waals surface area contributed by atoms with Crippen LogP contribution in [0, 0.1) is 6.57 Å². The van der Waals surface area contributed by atoms with Gasteiger partial charge in [0.2, 0.25) is 0 Å². The quantitative estimate of drug-likeness (QED) is 0.127. The Balaban J connectivity index is 1.11. The first kappa shape index (κ1) is 32.7. The Morgan fingerprint density at radius 2 is 0.929 bits per heavy atom. The number of nitrogens with zero attached hydrogens (tertiary/aromatic N) is 6. The van der Waals surface area contributed by atoms with Gasteiger partial charge in [-0.3, -0.25) is 9.97 Å². The Morgan fingerprint density at radius 1 is 0.375 bits per heavy atom. The first-order valence-electron chi connectivity index (χ1n) is 18.3. The molecule has 0 unspecified atom stereocenters. The highest BCUT2D eigenvalue weighted by Gasteiger charge is 2.17. The van der Waals surface area contributed by atoms with Crippen LogP contribution in [0.5, 0.6) is 0 Å². The number of hydrogen-bond donors (Lipinski definition) is 0. The maximum Gasteiger partial charge on any atom is 0.187 e. The van der Waals surface area contributed by atoms with Gasteiger partial charge in [-0.2, -0.15) is 0 Å². The van der Waals surface area contributed by atoms with E-state index in [1.165, 1.54) is 0 Å². The molecule has 10 rings (SSSR count). The molecule has 3 heterocycles. The van der Waals surface area contributed by atoms with Crippen molar-refractivity contribution < 1.29 is 0 Å². The summed E-state index contributed by atoms with van der Waals surface area (Å²) in [6, 6.07) is 55.5. The molecule has 0 aliphatic heterocycles. The fourth-order valence-electron chi connectivity index (χ4n) is 7.55. The van der Waals surface area contributed by atoms with Crippen molar-refractivity contribution in [2.75, 3.05) is 0 Å². The molecule has 0 atom stereocenters. The summed E-state index contributed by atoms with van der Waals surface area (Å²) >= 11 is 0. The second-order valence-corrected chi connectivity index (χ2v) is 13.6. The SMILES string of the molecule is [C-]#[N+]c1cccc(-c2cc3c4cccnc4c(-c4cncc(-c5cccc(-c6nc(-c7ccccc7)nc(-c7ccccc7)n6)c5)c4)cc3c3ccccc23)c1. The second-order valence-electron chi connectivity index (χ2n) is 13.6. The molecule has 6 heteroatoms. The predicted molar refractivity (Wildman–Crippen MR) is 227 cm³/mol. The van der Waals surface area contributed by atoms with Gasteiger partial charge in [-0.15, -0.1) is 0 Å². The van der Waals surface area contributed by atoms with Crippen LogP contribution in [-0.2, 0) is 0 Å². The lowest BCUT2D eigenvalue weighted by molar-refractivity contribution is 1.07. The Labute approximate surface area is 323 Å². The third kappa shape index (κ3) is 5.90. The van der Waals surface area contributed by atoms with Crippen LogP contribution in [0.1, 0.15) is 0 Å². The van der Waals surface area contributed by atoms with Crippen molar-refractivity contribution in [2.24, 2.45) is 0 Å². The molecule has 0 radical (unpaired) electrons. The molecule has 0 N–H and O–H groups in total. The first-order chi connectivity index (χ1) is 27.7. The summed E-state index contributed by atoms with van der Waals surface area (Å²) < 4.78 is 0. The fraction of sp³-hybridized carbons (Fsp3) is 0. The third-order valence-corrected chi connectivity index (χ3v) is 10.2. The minimum absolute atomic E-state index is 0.598. The van der Waals surface area contributed by atoms with Gasteiger partial charge < -0.3 is 0 Å². The number of pyridine rings is 2. The summed E-state index contributed by atoms with van der Waals surface area (Å²) in [5, 5.41) is 5.56.